The lowest BCUT2D eigenvalue weighted by Crippen LogP contribution is -2.44. The Bertz CT molecular complexity index is 948. The van der Waals surface area contributed by atoms with Crippen molar-refractivity contribution >= 4 is 5.78 Å². The van der Waals surface area contributed by atoms with Gasteiger partial charge in [0.05, 0.1) is 6.10 Å². The fourth-order valence-corrected chi connectivity index (χ4v) is 7.46. The van der Waals surface area contributed by atoms with Crippen molar-refractivity contribution in [3.8, 4) is 0 Å². The Hall–Kier alpha value is -0.890. The number of aliphatic hydroxyl groups excluding tert-OH is 1. The number of carbonyl (C=O) groups is 1. The van der Waals surface area contributed by atoms with Crippen LogP contribution in [-0.4, -0.2) is 17.0 Å². The standard InChI is InChI=1S/C27H42O2/c1-17(2)7-6-8-18(3)21-9-10-22-25-23(12-14-27(21,22)5)26(4)13-11-20(28)15-19(26)16-24(25)29/h16-18,20-22,28H,6-15H2,1-5H3/t18-,20+,21-,22+,26+,27-/m1/s1/i1D3,2D3,17D. The molecule has 0 spiro atoms. The smallest absolute Gasteiger partial charge is 0.182 e. The van der Waals surface area contributed by atoms with Crippen LogP contribution in [0.4, 0.5) is 0 Å². The summed E-state index contributed by atoms with van der Waals surface area (Å²) in [6, 6.07) is 0. The van der Waals surface area contributed by atoms with E-state index in [-0.39, 0.29) is 41.0 Å². The zero-order valence-corrected chi connectivity index (χ0v) is 18.3. The van der Waals surface area contributed by atoms with Crippen LogP contribution in [0.15, 0.2) is 22.8 Å². The number of carbonyl (C=O) groups excluding carboxylic acids is 1. The van der Waals surface area contributed by atoms with Gasteiger partial charge in [0.2, 0.25) is 0 Å². The van der Waals surface area contributed by atoms with Crippen molar-refractivity contribution in [2.75, 3.05) is 0 Å². The van der Waals surface area contributed by atoms with Crippen LogP contribution in [0.25, 0.3) is 0 Å². The van der Waals surface area contributed by atoms with E-state index in [9.17, 15) is 9.90 Å². The van der Waals surface area contributed by atoms with E-state index in [0.29, 0.717) is 25.2 Å². The summed E-state index contributed by atoms with van der Waals surface area (Å²) in [6.45, 7) is 1.01. The molecule has 2 heteroatoms. The van der Waals surface area contributed by atoms with Crippen molar-refractivity contribution in [2.24, 2.45) is 34.5 Å². The van der Waals surface area contributed by atoms with Gasteiger partial charge in [0, 0.05) is 20.6 Å². The fraction of sp³-hybridized carbons (Fsp3) is 0.815. The zero-order valence-electron chi connectivity index (χ0n) is 25.3. The van der Waals surface area contributed by atoms with Gasteiger partial charge >= 0.3 is 0 Å². The molecular weight excluding hydrogens is 356 g/mol. The van der Waals surface area contributed by atoms with Gasteiger partial charge in [-0.05, 0) is 80.1 Å². The number of rotatable bonds is 5. The number of allylic oxidation sites excluding steroid dienone is 3. The maximum absolute atomic E-state index is 13.4. The highest BCUT2D eigenvalue weighted by molar-refractivity contribution is 6.07. The van der Waals surface area contributed by atoms with E-state index < -0.39 is 19.6 Å². The van der Waals surface area contributed by atoms with E-state index in [4.69, 9.17) is 9.60 Å². The molecular formula is C27H42O2. The SMILES string of the molecule is [2H]C([2H])([2H])C([2H])(CCC[C@@H](C)[C@H]1CC[C@H]2C3=C(CC[C@]12C)[C@@]1(C)CC[C@H](O)CC1=CC3=O)C([2H])([2H])[2H]. The van der Waals surface area contributed by atoms with Crippen molar-refractivity contribution in [3.63, 3.8) is 0 Å². The summed E-state index contributed by atoms with van der Waals surface area (Å²) in [5, 5.41) is 10.2. The molecule has 162 valence electrons. The summed E-state index contributed by atoms with van der Waals surface area (Å²) in [4.78, 5) is 13.4. The van der Waals surface area contributed by atoms with Crippen LogP contribution in [0, 0.1) is 34.5 Å². The molecule has 0 saturated heterocycles. The summed E-state index contributed by atoms with van der Waals surface area (Å²) < 4.78 is 54.3. The van der Waals surface area contributed by atoms with Crippen molar-refractivity contribution in [1.29, 1.82) is 0 Å². The highest BCUT2D eigenvalue weighted by Crippen LogP contribution is 2.64. The molecule has 4 aliphatic rings. The number of hydrogen-bond acceptors (Lipinski definition) is 2. The molecule has 0 unspecified atom stereocenters. The molecule has 29 heavy (non-hydrogen) atoms. The summed E-state index contributed by atoms with van der Waals surface area (Å²) in [6.07, 6.45) is 8.47. The van der Waals surface area contributed by atoms with Crippen LogP contribution in [0.1, 0.15) is 108 Å². The highest BCUT2D eigenvalue weighted by Gasteiger charge is 2.56. The summed E-state index contributed by atoms with van der Waals surface area (Å²) in [5.41, 5.74) is 3.29. The first-order valence-corrected chi connectivity index (χ1v) is 11.6. The molecule has 0 radical (unpaired) electrons. The van der Waals surface area contributed by atoms with Crippen molar-refractivity contribution < 1.29 is 19.5 Å². The lowest BCUT2D eigenvalue weighted by atomic mass is 9.53. The second kappa shape index (κ2) is 7.66. The zero-order chi connectivity index (χ0) is 26.9. The first-order chi connectivity index (χ1) is 16.5. The quantitative estimate of drug-likeness (QED) is 0.557. The molecule has 2 nitrogen and oxygen atoms in total. The molecule has 1 N–H and O–H groups in total. The molecule has 2 fully saturated rings. The average molecular weight is 406 g/mol. The predicted octanol–water partition coefficient (Wildman–Crippen LogP) is 6.63. The Morgan fingerprint density at radius 2 is 2.03 bits per heavy atom. The topological polar surface area (TPSA) is 37.3 Å². The Kier molecular flexibility index (Phi) is 3.76. The van der Waals surface area contributed by atoms with Gasteiger partial charge in [-0.3, -0.25) is 4.79 Å². The minimum absolute atomic E-state index is 0.0180. The van der Waals surface area contributed by atoms with E-state index in [1.54, 1.807) is 0 Å². The predicted molar refractivity (Wildman–Crippen MR) is 119 cm³/mol. The lowest BCUT2D eigenvalue weighted by Gasteiger charge is -2.51. The monoisotopic (exact) mass is 405 g/mol. The Labute approximate surface area is 188 Å². The van der Waals surface area contributed by atoms with E-state index in [1.807, 2.05) is 6.08 Å². The third-order valence-corrected chi connectivity index (χ3v) is 9.15. The van der Waals surface area contributed by atoms with Gasteiger partial charge in [0.1, 0.15) is 0 Å². The molecule has 0 bridgehead atoms. The van der Waals surface area contributed by atoms with Gasteiger partial charge in [-0.1, -0.05) is 64.9 Å². The van der Waals surface area contributed by atoms with Gasteiger partial charge in [-0.2, -0.15) is 0 Å². The summed E-state index contributed by atoms with van der Waals surface area (Å²) in [7, 11) is 0. The third-order valence-electron chi connectivity index (χ3n) is 9.15. The average Bonchev–Trinajstić information content (AvgIpc) is 3.10. The van der Waals surface area contributed by atoms with Crippen LogP contribution in [0.3, 0.4) is 0 Å². The van der Waals surface area contributed by atoms with Gasteiger partial charge in [0.15, 0.2) is 5.78 Å². The largest absolute Gasteiger partial charge is 0.393 e. The van der Waals surface area contributed by atoms with E-state index in [2.05, 4.69) is 20.8 Å². The van der Waals surface area contributed by atoms with Crippen molar-refractivity contribution in [2.45, 2.75) is 105 Å². The third kappa shape index (κ3) is 3.48. The summed E-state index contributed by atoms with van der Waals surface area (Å²) >= 11 is 0. The van der Waals surface area contributed by atoms with Crippen molar-refractivity contribution in [3.05, 3.63) is 22.8 Å². The molecule has 0 aromatic carbocycles. The van der Waals surface area contributed by atoms with Gasteiger partial charge in [-0.25, -0.2) is 0 Å². The second-order valence-corrected chi connectivity index (χ2v) is 10.7. The number of aliphatic hydroxyl groups is 1. The van der Waals surface area contributed by atoms with Crippen LogP contribution in [0.5, 0.6) is 0 Å². The molecule has 2 saturated carbocycles. The number of ketones is 1. The Morgan fingerprint density at radius 1 is 1.24 bits per heavy atom. The van der Waals surface area contributed by atoms with Crippen LogP contribution >= 0.6 is 0 Å². The molecule has 0 aromatic heterocycles. The molecule has 4 rings (SSSR count). The number of hydrogen-bond donors (Lipinski definition) is 1. The first kappa shape index (κ1) is 14.2. The fourth-order valence-electron chi connectivity index (χ4n) is 7.46. The first-order valence-electron chi connectivity index (χ1n) is 15.1. The molecule has 0 heterocycles. The second-order valence-electron chi connectivity index (χ2n) is 10.7. The van der Waals surface area contributed by atoms with Crippen LogP contribution in [-0.2, 0) is 4.79 Å². The molecule has 0 aromatic rings. The minimum atomic E-state index is -2.86. The number of fused-ring (bicyclic) bond motifs is 4. The molecule has 0 aliphatic heterocycles. The van der Waals surface area contributed by atoms with Crippen LogP contribution in [0.2, 0.25) is 0 Å². The van der Waals surface area contributed by atoms with Gasteiger partial charge < -0.3 is 5.11 Å². The maximum Gasteiger partial charge on any atom is 0.182 e. The minimum Gasteiger partial charge on any atom is -0.393 e. The Balaban J connectivity index is 1.50. The van der Waals surface area contributed by atoms with E-state index >= 15 is 0 Å². The van der Waals surface area contributed by atoms with Crippen LogP contribution < -0.4 is 0 Å². The van der Waals surface area contributed by atoms with Gasteiger partial charge in [-0.15, -0.1) is 0 Å². The van der Waals surface area contributed by atoms with E-state index in [0.717, 1.165) is 49.7 Å². The normalized spacial score (nSPS) is 45.2. The molecule has 6 atom stereocenters. The lowest BCUT2D eigenvalue weighted by molar-refractivity contribution is -0.113. The molecule has 0 amide bonds. The highest BCUT2D eigenvalue weighted by atomic mass is 16.3. The maximum atomic E-state index is 13.4. The Morgan fingerprint density at radius 3 is 2.79 bits per heavy atom. The van der Waals surface area contributed by atoms with Gasteiger partial charge in [0.25, 0.3) is 0 Å². The summed E-state index contributed by atoms with van der Waals surface area (Å²) in [5.74, 6) is -1.48. The van der Waals surface area contributed by atoms with Crippen molar-refractivity contribution in [1.82, 2.24) is 0 Å². The van der Waals surface area contributed by atoms with E-state index in [1.165, 1.54) is 5.57 Å². The molecule has 4 aliphatic carbocycles.